The zero-order valence-corrected chi connectivity index (χ0v) is 10.1. The van der Waals surface area contributed by atoms with Crippen LogP contribution in [0.2, 0.25) is 0 Å². The molecule has 0 aromatic heterocycles. The van der Waals surface area contributed by atoms with Crippen LogP contribution in [0.1, 0.15) is 5.56 Å². The standard InChI is InChI=1S/C13H7BrF3/c14-12-6-4-9(5-7-12)10-2-1-3-11(8-10)13(15,16)17/h1-7H. The maximum Gasteiger partial charge on any atom is 0.417 e. The SMILES string of the molecule is FC(F)(F)c1[c]c(-c2ccc(Br)cc2)ccc1. The summed E-state index contributed by atoms with van der Waals surface area (Å²) in [5.74, 6) is 0. The average molecular weight is 300 g/mol. The van der Waals surface area contributed by atoms with Gasteiger partial charge >= 0.3 is 6.18 Å². The molecule has 0 N–H and O–H groups in total. The van der Waals surface area contributed by atoms with E-state index in [4.69, 9.17) is 0 Å². The summed E-state index contributed by atoms with van der Waals surface area (Å²) in [5.41, 5.74) is 0.393. The normalized spacial score (nSPS) is 11.5. The Morgan fingerprint density at radius 1 is 0.941 bits per heavy atom. The van der Waals surface area contributed by atoms with Crippen LogP contribution in [0, 0.1) is 6.07 Å². The van der Waals surface area contributed by atoms with E-state index in [9.17, 15) is 13.2 Å². The molecule has 0 amide bonds. The molecular weight excluding hydrogens is 293 g/mol. The highest BCUT2D eigenvalue weighted by atomic mass is 79.9. The first-order chi connectivity index (χ1) is 7.97. The predicted molar refractivity (Wildman–Crippen MR) is 63.4 cm³/mol. The Morgan fingerprint density at radius 2 is 1.59 bits per heavy atom. The van der Waals surface area contributed by atoms with Gasteiger partial charge in [-0.2, -0.15) is 13.2 Å². The summed E-state index contributed by atoms with van der Waals surface area (Å²) >= 11 is 3.27. The molecule has 0 spiro atoms. The van der Waals surface area contributed by atoms with E-state index < -0.39 is 11.7 Å². The molecule has 0 saturated heterocycles. The number of benzene rings is 2. The predicted octanol–water partition coefficient (Wildman–Crippen LogP) is 4.94. The topological polar surface area (TPSA) is 0 Å². The highest BCUT2D eigenvalue weighted by molar-refractivity contribution is 9.10. The monoisotopic (exact) mass is 299 g/mol. The van der Waals surface area contributed by atoms with Crippen molar-refractivity contribution in [1.82, 2.24) is 0 Å². The van der Waals surface area contributed by atoms with Gasteiger partial charge < -0.3 is 0 Å². The van der Waals surface area contributed by atoms with Gasteiger partial charge in [0, 0.05) is 10.5 Å². The molecule has 0 heterocycles. The van der Waals surface area contributed by atoms with Crippen molar-refractivity contribution in [3.63, 3.8) is 0 Å². The first-order valence-electron chi connectivity index (χ1n) is 4.82. The third kappa shape index (κ3) is 2.88. The van der Waals surface area contributed by atoms with Gasteiger partial charge in [-0.25, -0.2) is 0 Å². The lowest BCUT2D eigenvalue weighted by molar-refractivity contribution is -0.137. The van der Waals surface area contributed by atoms with Crippen LogP contribution in [0.25, 0.3) is 11.1 Å². The fourth-order valence-corrected chi connectivity index (χ4v) is 1.70. The van der Waals surface area contributed by atoms with Gasteiger partial charge in [-0.3, -0.25) is 0 Å². The van der Waals surface area contributed by atoms with Crippen molar-refractivity contribution in [2.75, 3.05) is 0 Å². The number of hydrogen-bond donors (Lipinski definition) is 0. The maximum atomic E-state index is 12.5. The molecule has 2 aromatic rings. The molecule has 0 fully saturated rings. The van der Waals surface area contributed by atoms with Crippen LogP contribution in [0.5, 0.6) is 0 Å². The Morgan fingerprint density at radius 3 is 2.18 bits per heavy atom. The van der Waals surface area contributed by atoms with Crippen molar-refractivity contribution in [2.45, 2.75) is 6.18 Å². The van der Waals surface area contributed by atoms with E-state index >= 15 is 0 Å². The van der Waals surface area contributed by atoms with E-state index in [1.165, 1.54) is 6.07 Å². The second-order valence-electron chi connectivity index (χ2n) is 3.48. The van der Waals surface area contributed by atoms with Crippen LogP contribution in [0.3, 0.4) is 0 Å². The molecular formula is C13H7BrF3. The summed E-state index contributed by atoms with van der Waals surface area (Å²) < 4.78 is 38.4. The summed E-state index contributed by atoms with van der Waals surface area (Å²) in [6.45, 7) is 0. The zero-order valence-electron chi connectivity index (χ0n) is 8.55. The molecule has 4 heteroatoms. The van der Waals surface area contributed by atoms with E-state index in [0.29, 0.717) is 11.1 Å². The minimum Gasteiger partial charge on any atom is -0.166 e. The summed E-state index contributed by atoms with van der Waals surface area (Å²) in [6.07, 6.45) is -4.36. The highest BCUT2D eigenvalue weighted by Crippen LogP contribution is 2.31. The lowest BCUT2D eigenvalue weighted by Crippen LogP contribution is -2.04. The minimum atomic E-state index is -4.36. The van der Waals surface area contributed by atoms with E-state index in [1.807, 2.05) is 0 Å². The third-order valence-corrected chi connectivity index (χ3v) is 2.78. The first kappa shape index (κ1) is 12.2. The molecule has 0 aliphatic carbocycles. The van der Waals surface area contributed by atoms with Crippen molar-refractivity contribution in [1.29, 1.82) is 0 Å². The van der Waals surface area contributed by atoms with E-state index in [-0.39, 0.29) is 0 Å². The van der Waals surface area contributed by atoms with Crippen molar-refractivity contribution in [3.8, 4) is 11.1 Å². The van der Waals surface area contributed by atoms with Crippen LogP contribution in [0.15, 0.2) is 46.9 Å². The average Bonchev–Trinajstić information content (AvgIpc) is 2.29. The minimum absolute atomic E-state index is 0.437. The van der Waals surface area contributed by atoms with Gasteiger partial charge in [0.15, 0.2) is 0 Å². The van der Waals surface area contributed by atoms with E-state index in [1.54, 1.807) is 30.3 Å². The molecule has 0 aliphatic rings. The molecule has 2 rings (SSSR count). The quantitative estimate of drug-likeness (QED) is 0.700. The molecule has 0 aliphatic heterocycles. The van der Waals surface area contributed by atoms with Crippen LogP contribution in [-0.4, -0.2) is 0 Å². The Bertz CT molecular complexity index is 515. The van der Waals surface area contributed by atoms with Gasteiger partial charge in [0.25, 0.3) is 0 Å². The summed E-state index contributed by atoms with van der Waals surface area (Å²) in [4.78, 5) is 0. The van der Waals surface area contributed by atoms with Crippen molar-refractivity contribution in [2.24, 2.45) is 0 Å². The van der Waals surface area contributed by atoms with Gasteiger partial charge in [0.05, 0.1) is 5.56 Å². The fourth-order valence-electron chi connectivity index (χ4n) is 1.43. The van der Waals surface area contributed by atoms with Crippen molar-refractivity contribution in [3.05, 3.63) is 58.6 Å². The Hall–Kier alpha value is -1.29. The van der Waals surface area contributed by atoms with Gasteiger partial charge in [0.1, 0.15) is 0 Å². The largest absolute Gasteiger partial charge is 0.417 e. The lowest BCUT2D eigenvalue weighted by Gasteiger charge is -2.08. The maximum absolute atomic E-state index is 12.5. The molecule has 17 heavy (non-hydrogen) atoms. The Balaban J connectivity index is 2.43. The second kappa shape index (κ2) is 4.53. The second-order valence-corrected chi connectivity index (χ2v) is 4.40. The summed E-state index contributed by atoms with van der Waals surface area (Å²) in [7, 11) is 0. The van der Waals surface area contributed by atoms with Crippen molar-refractivity contribution >= 4 is 15.9 Å². The van der Waals surface area contributed by atoms with Crippen LogP contribution in [0.4, 0.5) is 13.2 Å². The van der Waals surface area contributed by atoms with Gasteiger partial charge in [0.2, 0.25) is 0 Å². The molecule has 0 nitrogen and oxygen atoms in total. The highest BCUT2D eigenvalue weighted by Gasteiger charge is 2.30. The first-order valence-corrected chi connectivity index (χ1v) is 5.61. The van der Waals surface area contributed by atoms with Crippen molar-refractivity contribution < 1.29 is 13.2 Å². The summed E-state index contributed by atoms with van der Waals surface area (Å²) in [6, 6.07) is 13.4. The molecule has 2 aromatic carbocycles. The van der Waals surface area contributed by atoms with E-state index in [0.717, 1.165) is 10.5 Å². The van der Waals surface area contributed by atoms with Crippen LogP contribution in [-0.2, 0) is 6.18 Å². The fraction of sp³-hybridized carbons (Fsp3) is 0.0769. The number of alkyl halides is 3. The van der Waals surface area contributed by atoms with Gasteiger partial charge in [-0.15, -0.1) is 0 Å². The number of halogens is 4. The smallest absolute Gasteiger partial charge is 0.166 e. The zero-order chi connectivity index (χ0) is 12.5. The van der Waals surface area contributed by atoms with Crippen LogP contribution < -0.4 is 0 Å². The molecule has 87 valence electrons. The molecule has 0 atom stereocenters. The Kier molecular flexibility index (Phi) is 3.24. The molecule has 0 bridgehead atoms. The molecule has 0 unspecified atom stereocenters. The van der Waals surface area contributed by atoms with Gasteiger partial charge in [-0.1, -0.05) is 40.2 Å². The van der Waals surface area contributed by atoms with E-state index in [2.05, 4.69) is 22.0 Å². The number of hydrogen-bond acceptors (Lipinski definition) is 0. The van der Waals surface area contributed by atoms with Gasteiger partial charge in [-0.05, 0) is 29.3 Å². The molecule has 1 radical (unpaired) electrons. The third-order valence-electron chi connectivity index (χ3n) is 2.26. The summed E-state index contributed by atoms with van der Waals surface area (Å²) in [5, 5.41) is 0. The number of rotatable bonds is 1. The Labute approximate surface area is 105 Å². The molecule has 0 saturated carbocycles. The lowest BCUT2D eigenvalue weighted by atomic mass is 10.0. The van der Waals surface area contributed by atoms with Crippen LogP contribution >= 0.6 is 15.9 Å².